The summed E-state index contributed by atoms with van der Waals surface area (Å²) in [7, 11) is 0. The third-order valence-corrected chi connectivity index (χ3v) is 3.84. The van der Waals surface area contributed by atoms with Crippen molar-refractivity contribution in [2.75, 3.05) is 5.32 Å². The number of rotatable bonds is 4. The maximum Gasteiger partial charge on any atom is 0.271 e. The van der Waals surface area contributed by atoms with Gasteiger partial charge in [-0.3, -0.25) is 10.1 Å². The first-order valence-electron chi connectivity index (χ1n) is 5.59. The van der Waals surface area contributed by atoms with E-state index >= 15 is 0 Å². The molecule has 0 atom stereocenters. The minimum atomic E-state index is -0.566. The van der Waals surface area contributed by atoms with Crippen molar-refractivity contribution < 1.29 is 9.31 Å². The fraction of sp³-hybridized carbons (Fsp3) is 0.0769. The maximum atomic E-state index is 13.6. The molecule has 0 aliphatic carbocycles. The molecule has 7 heteroatoms. The highest BCUT2D eigenvalue weighted by Crippen LogP contribution is 2.25. The van der Waals surface area contributed by atoms with E-state index in [1.54, 1.807) is 18.2 Å². The van der Waals surface area contributed by atoms with Crippen molar-refractivity contribution in [2.24, 2.45) is 0 Å². The lowest BCUT2D eigenvalue weighted by molar-refractivity contribution is -0.384. The van der Waals surface area contributed by atoms with E-state index in [-0.39, 0.29) is 11.4 Å². The van der Waals surface area contributed by atoms with Gasteiger partial charge >= 0.3 is 0 Å². The first kappa shape index (κ1) is 14.7. The summed E-state index contributed by atoms with van der Waals surface area (Å²) in [6.07, 6.45) is 0. The predicted molar refractivity (Wildman–Crippen MR) is 79.5 cm³/mol. The van der Waals surface area contributed by atoms with Gasteiger partial charge in [-0.15, -0.1) is 0 Å². The van der Waals surface area contributed by atoms with Crippen molar-refractivity contribution in [3.63, 3.8) is 0 Å². The molecule has 0 fully saturated rings. The summed E-state index contributed by atoms with van der Waals surface area (Å²) in [6.45, 7) is 0.327. The molecule has 2 rings (SSSR count). The molecule has 0 aromatic heterocycles. The van der Waals surface area contributed by atoms with Gasteiger partial charge in [0.15, 0.2) is 0 Å². The van der Waals surface area contributed by atoms with Gasteiger partial charge in [-0.25, -0.2) is 4.39 Å². The van der Waals surface area contributed by atoms with E-state index in [2.05, 4.69) is 21.2 Å². The van der Waals surface area contributed by atoms with Crippen LogP contribution < -0.4 is 5.32 Å². The highest BCUT2D eigenvalue weighted by Gasteiger charge is 2.10. The Hall–Kier alpha value is -1.66. The molecule has 0 aliphatic rings. The van der Waals surface area contributed by atoms with Gasteiger partial charge in [0.05, 0.1) is 15.6 Å². The van der Waals surface area contributed by atoms with Crippen LogP contribution in [0, 0.1) is 15.9 Å². The Labute approximate surface area is 127 Å². The maximum absolute atomic E-state index is 13.6. The van der Waals surface area contributed by atoms with Gasteiger partial charge in [0, 0.05) is 23.2 Å². The van der Waals surface area contributed by atoms with E-state index in [0.717, 1.165) is 22.2 Å². The number of anilines is 1. The number of hydrogen-bond acceptors (Lipinski definition) is 3. The molecule has 0 heterocycles. The molecular formula is C13H9BrClFN2O2. The number of nitro benzene ring substituents is 1. The molecule has 0 unspecified atom stereocenters. The zero-order valence-electron chi connectivity index (χ0n) is 10.1. The summed E-state index contributed by atoms with van der Waals surface area (Å²) in [6, 6.07) is 8.66. The Morgan fingerprint density at radius 3 is 2.70 bits per heavy atom. The van der Waals surface area contributed by atoms with Gasteiger partial charge in [0.25, 0.3) is 5.69 Å². The lowest BCUT2D eigenvalue weighted by Gasteiger charge is -2.08. The predicted octanol–water partition coefficient (Wildman–Crippen LogP) is 4.76. The number of nitrogens with one attached hydrogen (secondary N) is 1. The van der Waals surface area contributed by atoms with Crippen LogP contribution in [0.1, 0.15) is 5.56 Å². The third kappa shape index (κ3) is 3.46. The number of nitrogens with zero attached hydrogens (tertiary/aromatic N) is 1. The molecule has 2 aromatic rings. The second-order valence-corrected chi connectivity index (χ2v) is 5.28. The molecule has 0 saturated heterocycles. The Kier molecular flexibility index (Phi) is 4.57. The van der Waals surface area contributed by atoms with Crippen LogP contribution in [0.25, 0.3) is 0 Å². The van der Waals surface area contributed by atoms with Crippen molar-refractivity contribution in [1.29, 1.82) is 0 Å². The van der Waals surface area contributed by atoms with Crippen molar-refractivity contribution in [1.82, 2.24) is 0 Å². The quantitative estimate of drug-likeness (QED) is 0.632. The van der Waals surface area contributed by atoms with E-state index in [9.17, 15) is 14.5 Å². The molecule has 0 radical (unpaired) electrons. The molecule has 1 N–H and O–H groups in total. The van der Waals surface area contributed by atoms with E-state index in [4.69, 9.17) is 11.6 Å². The van der Waals surface area contributed by atoms with Crippen molar-refractivity contribution in [3.8, 4) is 0 Å². The topological polar surface area (TPSA) is 55.2 Å². The molecule has 0 spiro atoms. The summed E-state index contributed by atoms with van der Waals surface area (Å²) < 4.78 is 14.3. The number of halogens is 3. The van der Waals surface area contributed by atoms with Crippen molar-refractivity contribution in [3.05, 3.63) is 67.4 Å². The van der Waals surface area contributed by atoms with Gasteiger partial charge in [-0.2, -0.15) is 0 Å². The molecule has 0 bridgehead atoms. The second kappa shape index (κ2) is 6.19. The van der Waals surface area contributed by atoms with Crippen molar-refractivity contribution in [2.45, 2.75) is 6.54 Å². The summed E-state index contributed by atoms with van der Waals surface area (Å²) >= 11 is 9.17. The van der Waals surface area contributed by atoms with Crippen molar-refractivity contribution >= 4 is 38.9 Å². The molecule has 4 nitrogen and oxygen atoms in total. The monoisotopic (exact) mass is 358 g/mol. The molecule has 2 aromatic carbocycles. The highest BCUT2D eigenvalue weighted by molar-refractivity contribution is 9.10. The fourth-order valence-corrected chi connectivity index (χ4v) is 2.15. The van der Waals surface area contributed by atoms with E-state index < -0.39 is 10.7 Å². The Bertz CT molecular complexity index is 667. The summed E-state index contributed by atoms with van der Waals surface area (Å²) in [5.74, 6) is -0.538. The smallest absolute Gasteiger partial charge is 0.271 e. The first-order chi connectivity index (χ1) is 9.47. The minimum Gasteiger partial charge on any atom is -0.378 e. The lowest BCUT2D eigenvalue weighted by atomic mass is 10.2. The average Bonchev–Trinajstić information content (AvgIpc) is 2.41. The fourth-order valence-electron chi connectivity index (χ4n) is 1.61. The van der Waals surface area contributed by atoms with Gasteiger partial charge in [-0.05, 0) is 39.7 Å². The van der Waals surface area contributed by atoms with Gasteiger partial charge in [0.1, 0.15) is 5.82 Å². The van der Waals surface area contributed by atoms with Gasteiger partial charge in [-0.1, -0.05) is 17.7 Å². The minimum absolute atomic E-state index is 0.0882. The number of hydrogen-bond donors (Lipinski definition) is 1. The van der Waals surface area contributed by atoms with Crippen LogP contribution >= 0.6 is 27.5 Å². The van der Waals surface area contributed by atoms with E-state index in [1.165, 1.54) is 6.07 Å². The largest absolute Gasteiger partial charge is 0.378 e. The Morgan fingerprint density at radius 2 is 2.05 bits per heavy atom. The third-order valence-electron chi connectivity index (χ3n) is 2.63. The number of non-ortho nitro benzene ring substituents is 1. The van der Waals surface area contributed by atoms with Gasteiger partial charge in [0.2, 0.25) is 0 Å². The summed E-state index contributed by atoms with van der Waals surface area (Å²) in [5.41, 5.74) is 0.795. The normalized spacial score (nSPS) is 10.3. The molecule has 0 amide bonds. The molecular weight excluding hydrogens is 351 g/mol. The molecule has 20 heavy (non-hydrogen) atoms. The van der Waals surface area contributed by atoms with Crippen LogP contribution in [0.15, 0.2) is 40.9 Å². The zero-order chi connectivity index (χ0) is 14.7. The number of benzene rings is 2. The van der Waals surface area contributed by atoms with Crippen LogP contribution in [0.4, 0.5) is 15.8 Å². The molecule has 104 valence electrons. The highest BCUT2D eigenvalue weighted by atomic mass is 79.9. The molecule has 0 aliphatic heterocycles. The van der Waals surface area contributed by atoms with E-state index in [0.29, 0.717) is 11.6 Å². The van der Waals surface area contributed by atoms with E-state index in [1.807, 2.05) is 0 Å². The first-order valence-corrected chi connectivity index (χ1v) is 6.76. The van der Waals surface area contributed by atoms with Crippen LogP contribution in [0.2, 0.25) is 5.02 Å². The zero-order valence-corrected chi connectivity index (χ0v) is 12.4. The lowest BCUT2D eigenvalue weighted by Crippen LogP contribution is -2.02. The SMILES string of the molecule is O=[N+]([O-])c1ccc(F)c(NCc2ccc(Cl)c(Br)c2)c1. The van der Waals surface area contributed by atoms with Gasteiger partial charge < -0.3 is 5.32 Å². The summed E-state index contributed by atoms with van der Waals surface area (Å²) in [4.78, 5) is 10.1. The standard InChI is InChI=1S/C13H9BrClFN2O2/c14-10-5-8(1-3-11(10)15)7-17-13-6-9(18(19)20)2-4-12(13)16/h1-6,17H,7H2. The van der Waals surface area contributed by atoms with Crippen LogP contribution in [0.5, 0.6) is 0 Å². The average molecular weight is 360 g/mol. The number of nitro groups is 1. The Balaban J connectivity index is 2.15. The van der Waals surface area contributed by atoms with Crippen LogP contribution in [-0.4, -0.2) is 4.92 Å². The molecule has 0 saturated carbocycles. The Morgan fingerprint density at radius 1 is 1.30 bits per heavy atom. The van der Waals surface area contributed by atoms with Crippen LogP contribution in [0.3, 0.4) is 0 Å². The second-order valence-electron chi connectivity index (χ2n) is 4.02. The summed E-state index contributed by atoms with van der Waals surface area (Å²) in [5, 5.41) is 14.1. The van der Waals surface area contributed by atoms with Crippen LogP contribution in [-0.2, 0) is 6.54 Å².